The van der Waals surface area contributed by atoms with Crippen molar-refractivity contribution in [3.05, 3.63) is 54.6 Å². The number of carbonyl (C=O) groups is 1. The van der Waals surface area contributed by atoms with Crippen molar-refractivity contribution in [2.45, 2.75) is 24.2 Å². The minimum absolute atomic E-state index is 0.119. The quantitative estimate of drug-likeness (QED) is 0.504. The molecule has 1 N–H and O–H groups in total. The van der Waals surface area contributed by atoms with Crippen LogP contribution in [0.5, 0.6) is 0 Å². The van der Waals surface area contributed by atoms with Gasteiger partial charge in [-0.05, 0) is 55.3 Å². The summed E-state index contributed by atoms with van der Waals surface area (Å²) in [6.07, 6.45) is 3.61. The first-order valence-corrected chi connectivity index (χ1v) is 10.2. The van der Waals surface area contributed by atoms with Crippen LogP contribution in [-0.2, 0) is 11.3 Å². The number of alkyl halides is 2. The second-order valence-corrected chi connectivity index (χ2v) is 8.60. The number of pyridine rings is 1. The van der Waals surface area contributed by atoms with Gasteiger partial charge in [0.15, 0.2) is 0 Å². The van der Waals surface area contributed by atoms with Gasteiger partial charge in [0.25, 0.3) is 0 Å². The number of carbonyl (C=O) groups excluding carboxylic acids is 1. The maximum atomic E-state index is 13.4. The summed E-state index contributed by atoms with van der Waals surface area (Å²) in [5.41, 5.74) is 3.05. The minimum atomic E-state index is -0.713. The van der Waals surface area contributed by atoms with Gasteiger partial charge in [-0.15, -0.1) is 23.2 Å². The van der Waals surface area contributed by atoms with Crippen LogP contribution < -0.4 is 5.32 Å². The zero-order chi connectivity index (χ0) is 21.3. The van der Waals surface area contributed by atoms with E-state index in [4.69, 9.17) is 33.0 Å². The highest BCUT2D eigenvalue weighted by atomic mass is 35.5. The molecule has 156 valence electrons. The molecule has 2 aromatic heterocycles. The molecule has 6 nitrogen and oxygen atoms in total. The van der Waals surface area contributed by atoms with Crippen molar-refractivity contribution in [1.82, 2.24) is 14.8 Å². The van der Waals surface area contributed by atoms with Crippen LogP contribution >= 0.6 is 23.2 Å². The highest BCUT2D eigenvalue weighted by Gasteiger charge is 2.51. The van der Waals surface area contributed by atoms with E-state index in [1.165, 1.54) is 12.1 Å². The Hall–Kier alpha value is -2.64. The summed E-state index contributed by atoms with van der Waals surface area (Å²) in [5, 5.41) is 7.29. The van der Waals surface area contributed by atoms with Gasteiger partial charge in [0, 0.05) is 36.0 Å². The molecule has 1 aliphatic carbocycles. The zero-order valence-corrected chi connectivity index (χ0v) is 17.6. The normalized spacial score (nSPS) is 16.9. The Morgan fingerprint density at radius 2 is 2.03 bits per heavy atom. The molecular formula is C21H19Cl2FN4O2. The van der Waals surface area contributed by atoms with Crippen molar-refractivity contribution in [1.29, 1.82) is 0 Å². The van der Waals surface area contributed by atoms with Gasteiger partial charge in [-0.25, -0.2) is 14.2 Å². The van der Waals surface area contributed by atoms with Crippen molar-refractivity contribution in [3.63, 3.8) is 0 Å². The standard InChI is InChI=1S/C21H19Cl2FN4O2/c1-2-30-20(29)26-18-9-14(7-8-25-18)17-12-28(11-15-10-21(15,22)23)27-19(17)13-3-5-16(24)6-4-13/h3-9,12,15H,2,10-11H2,1H3,(H,25,26,29). The molecule has 3 aromatic rings. The highest BCUT2D eigenvalue weighted by Crippen LogP contribution is 2.54. The van der Waals surface area contributed by atoms with Crippen LogP contribution in [0.2, 0.25) is 0 Å². The molecule has 9 heteroatoms. The lowest BCUT2D eigenvalue weighted by Gasteiger charge is -2.07. The Balaban J connectivity index is 1.69. The largest absolute Gasteiger partial charge is 0.450 e. The van der Waals surface area contributed by atoms with E-state index in [2.05, 4.69) is 10.3 Å². The maximum absolute atomic E-state index is 13.4. The number of benzene rings is 1. The first kappa shape index (κ1) is 20.6. The molecule has 2 heterocycles. The van der Waals surface area contributed by atoms with Crippen molar-refractivity contribution < 1.29 is 13.9 Å². The lowest BCUT2D eigenvalue weighted by molar-refractivity contribution is 0.168. The summed E-state index contributed by atoms with van der Waals surface area (Å²) in [7, 11) is 0. The molecule has 1 unspecified atom stereocenters. The lowest BCUT2D eigenvalue weighted by atomic mass is 10.0. The number of halogens is 3. The first-order chi connectivity index (χ1) is 14.4. The molecule has 0 aliphatic heterocycles. The van der Waals surface area contributed by atoms with Gasteiger partial charge >= 0.3 is 6.09 Å². The molecule has 1 amide bonds. The number of aromatic nitrogens is 3. The second-order valence-electron chi connectivity index (χ2n) is 7.06. The van der Waals surface area contributed by atoms with E-state index in [-0.39, 0.29) is 18.3 Å². The third-order valence-electron chi connectivity index (χ3n) is 4.82. The molecule has 0 saturated heterocycles. The van der Waals surface area contributed by atoms with E-state index in [0.29, 0.717) is 24.5 Å². The smallest absolute Gasteiger partial charge is 0.412 e. The first-order valence-electron chi connectivity index (χ1n) is 9.47. The molecule has 0 bridgehead atoms. The maximum Gasteiger partial charge on any atom is 0.412 e. The summed E-state index contributed by atoms with van der Waals surface area (Å²) >= 11 is 12.3. The molecule has 4 rings (SSSR count). The fourth-order valence-corrected chi connectivity index (χ4v) is 3.69. The number of amides is 1. The second kappa shape index (κ2) is 8.24. The molecule has 0 radical (unpaired) electrons. The summed E-state index contributed by atoms with van der Waals surface area (Å²) in [5.74, 6) is 0.149. The third kappa shape index (κ3) is 4.57. The SMILES string of the molecule is CCOC(=O)Nc1cc(-c2cn(CC3CC3(Cl)Cl)nc2-c2ccc(F)cc2)ccn1. The fourth-order valence-electron chi connectivity index (χ4n) is 3.18. The molecule has 1 atom stereocenters. The number of anilines is 1. The highest BCUT2D eigenvalue weighted by molar-refractivity contribution is 6.50. The van der Waals surface area contributed by atoms with Crippen LogP contribution in [0.1, 0.15) is 13.3 Å². The minimum Gasteiger partial charge on any atom is -0.450 e. The van der Waals surface area contributed by atoms with Crippen LogP contribution in [0.4, 0.5) is 15.0 Å². The van der Waals surface area contributed by atoms with Gasteiger partial charge in [-0.3, -0.25) is 10.00 Å². The molecule has 0 spiro atoms. The average Bonchev–Trinajstić information content (AvgIpc) is 3.10. The van der Waals surface area contributed by atoms with Gasteiger partial charge < -0.3 is 4.74 Å². The Kier molecular flexibility index (Phi) is 5.66. The Bertz CT molecular complexity index is 1070. The van der Waals surface area contributed by atoms with E-state index < -0.39 is 10.4 Å². The van der Waals surface area contributed by atoms with Crippen LogP contribution in [-0.4, -0.2) is 31.8 Å². The van der Waals surface area contributed by atoms with E-state index >= 15 is 0 Å². The van der Waals surface area contributed by atoms with Gasteiger partial charge in [-0.1, -0.05) is 0 Å². The van der Waals surface area contributed by atoms with Gasteiger partial charge in [-0.2, -0.15) is 5.10 Å². The Morgan fingerprint density at radius 1 is 1.30 bits per heavy atom. The molecule has 1 aromatic carbocycles. The van der Waals surface area contributed by atoms with Crippen LogP contribution in [0, 0.1) is 11.7 Å². The average molecular weight is 449 g/mol. The number of rotatable bonds is 6. The summed E-state index contributed by atoms with van der Waals surface area (Å²) in [6.45, 7) is 2.56. The lowest BCUT2D eigenvalue weighted by Crippen LogP contribution is -2.14. The predicted molar refractivity (Wildman–Crippen MR) is 114 cm³/mol. The molecule has 1 fully saturated rings. The van der Waals surface area contributed by atoms with E-state index in [9.17, 15) is 9.18 Å². The number of nitrogens with zero attached hydrogens (tertiary/aromatic N) is 3. The molecular weight excluding hydrogens is 430 g/mol. The van der Waals surface area contributed by atoms with Crippen molar-refractivity contribution in [3.8, 4) is 22.4 Å². The summed E-state index contributed by atoms with van der Waals surface area (Å²) in [4.78, 5) is 15.9. The van der Waals surface area contributed by atoms with Crippen LogP contribution in [0.25, 0.3) is 22.4 Å². The number of nitrogens with one attached hydrogen (secondary N) is 1. The molecule has 1 saturated carbocycles. The summed E-state index contributed by atoms with van der Waals surface area (Å²) in [6, 6.07) is 9.68. The van der Waals surface area contributed by atoms with E-state index in [0.717, 1.165) is 16.7 Å². The van der Waals surface area contributed by atoms with Gasteiger partial charge in [0.1, 0.15) is 21.7 Å². The van der Waals surface area contributed by atoms with Gasteiger partial charge in [0.2, 0.25) is 0 Å². The molecule has 30 heavy (non-hydrogen) atoms. The third-order valence-corrected chi connectivity index (χ3v) is 5.74. The van der Waals surface area contributed by atoms with E-state index in [1.807, 2.05) is 12.3 Å². The predicted octanol–water partition coefficient (Wildman–Crippen LogP) is 5.51. The van der Waals surface area contributed by atoms with Crippen molar-refractivity contribution >= 4 is 35.1 Å². The fraction of sp³-hybridized carbons (Fsp3) is 0.286. The Morgan fingerprint density at radius 3 is 2.70 bits per heavy atom. The number of hydrogen-bond acceptors (Lipinski definition) is 4. The number of hydrogen-bond donors (Lipinski definition) is 1. The van der Waals surface area contributed by atoms with Crippen LogP contribution in [0.3, 0.4) is 0 Å². The Labute approximate surface area is 183 Å². The van der Waals surface area contributed by atoms with Crippen molar-refractivity contribution in [2.75, 3.05) is 11.9 Å². The van der Waals surface area contributed by atoms with Crippen molar-refractivity contribution in [2.24, 2.45) is 5.92 Å². The topological polar surface area (TPSA) is 69.0 Å². The summed E-state index contributed by atoms with van der Waals surface area (Å²) < 4.78 is 19.4. The van der Waals surface area contributed by atoms with E-state index in [1.54, 1.807) is 36.0 Å². The number of ether oxygens (including phenoxy) is 1. The molecule has 1 aliphatic rings. The van der Waals surface area contributed by atoms with Crippen LogP contribution in [0.15, 0.2) is 48.8 Å². The van der Waals surface area contributed by atoms with Gasteiger partial charge in [0.05, 0.1) is 6.61 Å². The monoisotopic (exact) mass is 448 g/mol. The zero-order valence-electron chi connectivity index (χ0n) is 16.1.